The third-order valence-corrected chi connectivity index (χ3v) is 6.51. The van der Waals surface area contributed by atoms with Crippen LogP contribution in [0.1, 0.15) is 13.3 Å². The van der Waals surface area contributed by atoms with Crippen molar-refractivity contribution in [3.8, 4) is 17.5 Å². The van der Waals surface area contributed by atoms with Crippen molar-refractivity contribution in [3.05, 3.63) is 30.9 Å². The minimum atomic E-state index is -3.27. The van der Waals surface area contributed by atoms with Gasteiger partial charge < -0.3 is 4.98 Å². The normalized spacial score (nSPS) is 17.1. The molecule has 0 bridgehead atoms. The van der Waals surface area contributed by atoms with Gasteiger partial charge in [0.05, 0.1) is 47.2 Å². The quantitative estimate of drug-likeness (QED) is 0.717. The van der Waals surface area contributed by atoms with Gasteiger partial charge in [-0.15, -0.1) is 0 Å². The Balaban J connectivity index is 1.64. The van der Waals surface area contributed by atoms with Crippen LogP contribution >= 0.6 is 0 Å². The van der Waals surface area contributed by atoms with E-state index in [0.29, 0.717) is 5.82 Å². The van der Waals surface area contributed by atoms with Gasteiger partial charge in [0.25, 0.3) is 0 Å². The van der Waals surface area contributed by atoms with Crippen LogP contribution in [-0.4, -0.2) is 56.3 Å². The van der Waals surface area contributed by atoms with Gasteiger partial charge in [-0.1, -0.05) is 0 Å². The van der Waals surface area contributed by atoms with Crippen LogP contribution in [0.5, 0.6) is 0 Å². The van der Waals surface area contributed by atoms with E-state index < -0.39 is 15.6 Å². The van der Waals surface area contributed by atoms with Gasteiger partial charge in [0.1, 0.15) is 5.54 Å². The number of H-pyrrole nitrogens is 1. The predicted molar refractivity (Wildman–Crippen MR) is 94.3 cm³/mol. The molecule has 134 valence electrons. The summed E-state index contributed by atoms with van der Waals surface area (Å²) in [5.41, 5.74) is 1.73. The molecule has 0 spiro atoms. The van der Waals surface area contributed by atoms with E-state index in [-0.39, 0.29) is 25.3 Å². The maximum absolute atomic E-state index is 12.0. The first kappa shape index (κ1) is 16.7. The van der Waals surface area contributed by atoms with Gasteiger partial charge in [0.2, 0.25) is 10.0 Å². The Labute approximate surface area is 150 Å². The summed E-state index contributed by atoms with van der Waals surface area (Å²) in [6.45, 7) is 2.10. The lowest BCUT2D eigenvalue weighted by Gasteiger charge is -2.47. The van der Waals surface area contributed by atoms with E-state index in [1.54, 1.807) is 36.4 Å². The van der Waals surface area contributed by atoms with E-state index in [2.05, 4.69) is 26.1 Å². The van der Waals surface area contributed by atoms with Crippen LogP contribution in [0.4, 0.5) is 0 Å². The van der Waals surface area contributed by atoms with Crippen molar-refractivity contribution in [1.29, 1.82) is 5.26 Å². The van der Waals surface area contributed by atoms with E-state index in [1.807, 2.05) is 6.07 Å². The van der Waals surface area contributed by atoms with Crippen LogP contribution in [-0.2, 0) is 15.6 Å². The monoisotopic (exact) mass is 371 g/mol. The van der Waals surface area contributed by atoms with Crippen LogP contribution in [0.3, 0.4) is 0 Å². The molecular formula is C16H17N7O2S. The number of aromatic nitrogens is 5. The second-order valence-corrected chi connectivity index (χ2v) is 8.63. The molecule has 1 fully saturated rings. The third-order valence-electron chi connectivity index (χ3n) is 4.73. The fourth-order valence-corrected chi connectivity index (χ4v) is 4.39. The van der Waals surface area contributed by atoms with Crippen LogP contribution in [0.15, 0.2) is 30.9 Å². The summed E-state index contributed by atoms with van der Waals surface area (Å²) in [4.78, 5) is 11.9. The molecule has 3 aromatic heterocycles. The lowest BCUT2D eigenvalue weighted by atomic mass is 9.89. The Hall–Kier alpha value is -2.77. The second kappa shape index (κ2) is 5.89. The molecule has 3 aromatic rings. The summed E-state index contributed by atoms with van der Waals surface area (Å²) in [6.07, 6.45) is 7.11. The van der Waals surface area contributed by atoms with E-state index >= 15 is 0 Å². The SMILES string of the molecule is CCS(=O)(=O)N1CC(CC#N)(n2cc(-c3ncc4[nH]ccc4n3)cn2)C1. The number of hydrogen-bond acceptors (Lipinski definition) is 6. The van der Waals surface area contributed by atoms with Gasteiger partial charge in [-0.25, -0.2) is 18.4 Å². The first-order chi connectivity index (χ1) is 12.5. The van der Waals surface area contributed by atoms with Crippen LogP contribution in [0.2, 0.25) is 0 Å². The summed E-state index contributed by atoms with van der Waals surface area (Å²) >= 11 is 0. The number of nitrogens with zero attached hydrogens (tertiary/aromatic N) is 6. The Morgan fingerprint density at radius 2 is 2.19 bits per heavy atom. The zero-order chi connectivity index (χ0) is 18.4. The van der Waals surface area contributed by atoms with E-state index in [0.717, 1.165) is 16.6 Å². The lowest BCUT2D eigenvalue weighted by molar-refractivity contribution is 0.0719. The molecule has 1 aliphatic heterocycles. The molecule has 0 unspecified atom stereocenters. The van der Waals surface area contributed by atoms with Crippen LogP contribution in [0.25, 0.3) is 22.4 Å². The second-order valence-electron chi connectivity index (χ2n) is 6.37. The number of sulfonamides is 1. The summed E-state index contributed by atoms with van der Waals surface area (Å²) in [7, 11) is -3.27. The lowest BCUT2D eigenvalue weighted by Crippen LogP contribution is -2.64. The Kier molecular flexibility index (Phi) is 3.78. The standard InChI is InChI=1S/C16H17N7O2S/c1-2-26(24,25)22-10-16(11-22,4-5-17)23-9-12(7-20-23)15-19-8-14-13(21-15)3-6-18-14/h3,6-9,18H,2,4,10-11H2,1H3. The molecule has 0 radical (unpaired) electrons. The highest BCUT2D eigenvalue weighted by Gasteiger charge is 2.49. The Morgan fingerprint density at radius 3 is 2.92 bits per heavy atom. The molecule has 0 aromatic carbocycles. The smallest absolute Gasteiger partial charge is 0.213 e. The molecule has 1 aliphatic rings. The summed E-state index contributed by atoms with van der Waals surface area (Å²) in [6, 6.07) is 4.01. The third kappa shape index (κ3) is 2.56. The molecule has 26 heavy (non-hydrogen) atoms. The van der Waals surface area contributed by atoms with Gasteiger partial charge in [-0.3, -0.25) is 4.68 Å². The van der Waals surface area contributed by atoms with Crippen molar-refractivity contribution in [2.24, 2.45) is 0 Å². The number of rotatable bonds is 5. The van der Waals surface area contributed by atoms with Gasteiger partial charge >= 0.3 is 0 Å². The number of fused-ring (bicyclic) bond motifs is 1. The zero-order valence-corrected chi connectivity index (χ0v) is 14.9. The first-order valence-corrected chi connectivity index (χ1v) is 9.79. The Bertz CT molecular complexity index is 1100. The van der Waals surface area contributed by atoms with Crippen molar-refractivity contribution >= 4 is 21.1 Å². The maximum Gasteiger partial charge on any atom is 0.213 e. The number of aromatic amines is 1. The molecule has 10 heteroatoms. The molecule has 1 N–H and O–H groups in total. The largest absolute Gasteiger partial charge is 0.359 e. The summed E-state index contributed by atoms with van der Waals surface area (Å²) in [5.74, 6) is 0.581. The van der Waals surface area contributed by atoms with Gasteiger partial charge in [-0.05, 0) is 13.0 Å². The van der Waals surface area contributed by atoms with Crippen molar-refractivity contribution in [3.63, 3.8) is 0 Å². The molecule has 0 amide bonds. The fraction of sp³-hybridized carbons (Fsp3) is 0.375. The van der Waals surface area contributed by atoms with Crippen molar-refractivity contribution in [1.82, 2.24) is 29.0 Å². The highest BCUT2D eigenvalue weighted by Crippen LogP contribution is 2.35. The van der Waals surface area contributed by atoms with Gasteiger partial charge in [0.15, 0.2) is 5.82 Å². The number of nitriles is 1. The molecule has 0 atom stereocenters. The highest BCUT2D eigenvalue weighted by molar-refractivity contribution is 7.89. The molecule has 4 rings (SSSR count). The molecule has 1 saturated heterocycles. The van der Waals surface area contributed by atoms with Gasteiger partial charge in [-0.2, -0.15) is 14.7 Å². The van der Waals surface area contributed by atoms with Crippen LogP contribution in [0, 0.1) is 11.3 Å². The van der Waals surface area contributed by atoms with Crippen molar-refractivity contribution in [2.75, 3.05) is 18.8 Å². The fourth-order valence-electron chi connectivity index (χ4n) is 3.15. The van der Waals surface area contributed by atoms with E-state index in [1.165, 1.54) is 4.31 Å². The summed E-state index contributed by atoms with van der Waals surface area (Å²) in [5, 5.41) is 13.6. The molecular weight excluding hydrogens is 354 g/mol. The molecule has 4 heterocycles. The first-order valence-electron chi connectivity index (χ1n) is 8.18. The maximum atomic E-state index is 12.0. The average molecular weight is 371 g/mol. The molecule has 9 nitrogen and oxygen atoms in total. The zero-order valence-electron chi connectivity index (χ0n) is 14.1. The molecule has 0 saturated carbocycles. The number of hydrogen-bond donors (Lipinski definition) is 1. The molecule has 0 aliphatic carbocycles. The predicted octanol–water partition coefficient (Wildman–Crippen LogP) is 1.10. The van der Waals surface area contributed by atoms with Gasteiger partial charge in [0, 0.05) is 25.5 Å². The van der Waals surface area contributed by atoms with E-state index in [9.17, 15) is 13.7 Å². The average Bonchev–Trinajstić information content (AvgIpc) is 3.26. The minimum Gasteiger partial charge on any atom is -0.359 e. The van der Waals surface area contributed by atoms with Crippen LogP contribution < -0.4 is 0 Å². The highest BCUT2D eigenvalue weighted by atomic mass is 32.2. The minimum absolute atomic E-state index is 0.0461. The summed E-state index contributed by atoms with van der Waals surface area (Å²) < 4.78 is 27.1. The van der Waals surface area contributed by atoms with Crippen molar-refractivity contribution < 1.29 is 8.42 Å². The van der Waals surface area contributed by atoms with E-state index in [4.69, 9.17) is 0 Å². The Morgan fingerprint density at radius 1 is 1.38 bits per heavy atom. The number of nitrogens with one attached hydrogen (secondary N) is 1. The van der Waals surface area contributed by atoms with Crippen molar-refractivity contribution in [2.45, 2.75) is 18.9 Å². The topological polar surface area (TPSA) is 121 Å².